The second kappa shape index (κ2) is 8.96. The van der Waals surface area contributed by atoms with E-state index in [4.69, 9.17) is 14.2 Å². The first-order chi connectivity index (χ1) is 14.7. The molecular weight excluding hydrogens is 380 g/mol. The molecule has 6 heteroatoms. The summed E-state index contributed by atoms with van der Waals surface area (Å²) in [4.78, 5) is 8.35. The van der Waals surface area contributed by atoms with Crippen LogP contribution in [0.1, 0.15) is 5.56 Å². The normalized spacial score (nSPS) is 10.4. The molecule has 0 amide bonds. The number of aromatic nitrogens is 2. The molecule has 0 atom stereocenters. The van der Waals surface area contributed by atoms with Crippen molar-refractivity contribution in [2.24, 2.45) is 0 Å². The molecule has 6 nitrogen and oxygen atoms in total. The molecule has 0 unspecified atom stereocenters. The summed E-state index contributed by atoms with van der Waals surface area (Å²) in [6, 6.07) is 22.2. The molecule has 30 heavy (non-hydrogen) atoms. The fourth-order valence-electron chi connectivity index (χ4n) is 2.93. The van der Waals surface area contributed by atoms with Crippen molar-refractivity contribution in [2.75, 3.05) is 7.11 Å². The molecule has 0 radical (unpaired) electrons. The van der Waals surface area contributed by atoms with E-state index in [0.717, 1.165) is 5.56 Å². The lowest BCUT2D eigenvalue weighted by molar-refractivity contribution is 0.304. The minimum Gasteiger partial charge on any atom is -0.507 e. The van der Waals surface area contributed by atoms with Crippen LogP contribution in [0.2, 0.25) is 0 Å². The predicted octanol–water partition coefficient (Wildman–Crippen LogP) is 5.23. The van der Waals surface area contributed by atoms with Gasteiger partial charge in [0.1, 0.15) is 41.6 Å². The van der Waals surface area contributed by atoms with Crippen molar-refractivity contribution >= 4 is 0 Å². The van der Waals surface area contributed by atoms with Crippen LogP contribution in [0.5, 0.6) is 28.7 Å². The number of hydrogen-bond acceptors (Lipinski definition) is 6. The first-order valence-corrected chi connectivity index (χ1v) is 9.35. The molecule has 0 aliphatic carbocycles. The number of phenolic OH excluding ortho intramolecular Hbond substituents is 1. The maximum atomic E-state index is 10.6. The second-order valence-electron chi connectivity index (χ2n) is 6.47. The Hall–Kier alpha value is -4.06. The number of aromatic hydroxyl groups is 1. The molecule has 0 spiro atoms. The van der Waals surface area contributed by atoms with Crippen molar-refractivity contribution < 1.29 is 19.3 Å². The fourth-order valence-corrected chi connectivity index (χ4v) is 2.93. The van der Waals surface area contributed by atoms with E-state index >= 15 is 0 Å². The molecule has 1 aromatic heterocycles. The third kappa shape index (κ3) is 4.50. The Morgan fingerprint density at radius 2 is 1.70 bits per heavy atom. The van der Waals surface area contributed by atoms with Crippen LogP contribution in [-0.4, -0.2) is 22.2 Å². The summed E-state index contributed by atoms with van der Waals surface area (Å²) < 4.78 is 17.0. The van der Waals surface area contributed by atoms with Crippen molar-refractivity contribution in [3.05, 3.63) is 90.9 Å². The van der Waals surface area contributed by atoms with Crippen LogP contribution >= 0.6 is 0 Å². The lowest BCUT2D eigenvalue weighted by Gasteiger charge is -2.13. The summed E-state index contributed by atoms with van der Waals surface area (Å²) in [6.45, 7) is 0.414. The first kappa shape index (κ1) is 19.3. The molecule has 1 N–H and O–H groups in total. The second-order valence-corrected chi connectivity index (χ2v) is 6.47. The van der Waals surface area contributed by atoms with Gasteiger partial charge in [0.25, 0.3) is 0 Å². The van der Waals surface area contributed by atoms with E-state index in [1.807, 2.05) is 42.5 Å². The van der Waals surface area contributed by atoms with Gasteiger partial charge in [-0.25, -0.2) is 9.97 Å². The zero-order valence-electron chi connectivity index (χ0n) is 16.4. The monoisotopic (exact) mass is 400 g/mol. The summed E-state index contributed by atoms with van der Waals surface area (Å²) in [5.41, 5.74) is 2.04. The fraction of sp³-hybridized carbons (Fsp3) is 0.0833. The highest BCUT2D eigenvalue weighted by atomic mass is 16.5. The molecule has 4 aromatic rings. The Bertz CT molecular complexity index is 1130. The van der Waals surface area contributed by atoms with Crippen molar-refractivity contribution in [3.63, 3.8) is 0 Å². The van der Waals surface area contributed by atoms with Crippen molar-refractivity contribution in [1.82, 2.24) is 9.97 Å². The SMILES string of the molecule is COc1cccc(Oc2cncnc2-c2ccc(OCc3ccccc3)cc2O)c1. The van der Waals surface area contributed by atoms with E-state index in [1.165, 1.54) is 6.33 Å². The standard InChI is InChI=1S/C24H20N2O4/c1-28-18-8-5-9-20(12-18)30-23-14-25-16-26-24(23)21-11-10-19(13-22(21)27)29-15-17-6-3-2-4-7-17/h2-14,16,27H,15H2,1H3. The maximum Gasteiger partial charge on any atom is 0.172 e. The summed E-state index contributed by atoms with van der Waals surface area (Å²) in [6.07, 6.45) is 2.97. The van der Waals surface area contributed by atoms with Gasteiger partial charge >= 0.3 is 0 Å². The average Bonchev–Trinajstić information content (AvgIpc) is 2.79. The highest BCUT2D eigenvalue weighted by Crippen LogP contribution is 2.38. The summed E-state index contributed by atoms with van der Waals surface area (Å²) >= 11 is 0. The molecule has 0 saturated heterocycles. The molecule has 150 valence electrons. The first-order valence-electron chi connectivity index (χ1n) is 9.35. The quantitative estimate of drug-likeness (QED) is 0.458. The van der Waals surface area contributed by atoms with Crippen molar-refractivity contribution in [2.45, 2.75) is 6.61 Å². The van der Waals surface area contributed by atoms with Crippen LogP contribution in [0.4, 0.5) is 0 Å². The summed E-state index contributed by atoms with van der Waals surface area (Å²) in [5.74, 6) is 2.26. The Morgan fingerprint density at radius 3 is 2.50 bits per heavy atom. The number of nitrogens with zero attached hydrogens (tertiary/aromatic N) is 2. The van der Waals surface area contributed by atoms with Gasteiger partial charge < -0.3 is 19.3 Å². The lowest BCUT2D eigenvalue weighted by Crippen LogP contribution is -1.96. The zero-order valence-corrected chi connectivity index (χ0v) is 16.4. The Kier molecular flexibility index (Phi) is 5.75. The Balaban J connectivity index is 1.56. The molecule has 0 saturated carbocycles. The number of phenols is 1. The molecule has 4 rings (SSSR count). The number of methoxy groups -OCH3 is 1. The van der Waals surface area contributed by atoms with E-state index in [-0.39, 0.29) is 5.75 Å². The molecule has 0 aliphatic rings. The number of ether oxygens (including phenoxy) is 3. The van der Waals surface area contributed by atoms with E-state index in [0.29, 0.717) is 40.9 Å². The number of rotatable bonds is 7. The largest absolute Gasteiger partial charge is 0.507 e. The van der Waals surface area contributed by atoms with E-state index in [9.17, 15) is 5.11 Å². The Labute approximate surface area is 174 Å². The van der Waals surface area contributed by atoms with Crippen LogP contribution in [0, 0.1) is 0 Å². The van der Waals surface area contributed by atoms with Gasteiger partial charge in [-0.05, 0) is 29.8 Å². The van der Waals surface area contributed by atoms with Gasteiger partial charge in [0.05, 0.1) is 13.3 Å². The van der Waals surface area contributed by atoms with E-state index in [1.54, 1.807) is 43.6 Å². The predicted molar refractivity (Wildman–Crippen MR) is 113 cm³/mol. The lowest BCUT2D eigenvalue weighted by atomic mass is 10.1. The summed E-state index contributed by atoms with van der Waals surface area (Å²) in [5, 5.41) is 10.6. The molecular formula is C24H20N2O4. The van der Waals surface area contributed by atoms with Gasteiger partial charge in [-0.3, -0.25) is 0 Å². The topological polar surface area (TPSA) is 73.7 Å². The van der Waals surface area contributed by atoms with Crippen LogP contribution in [0.3, 0.4) is 0 Å². The van der Waals surface area contributed by atoms with Crippen LogP contribution in [-0.2, 0) is 6.61 Å². The molecule has 0 bridgehead atoms. The molecule has 3 aromatic carbocycles. The van der Waals surface area contributed by atoms with Gasteiger partial charge in [0, 0.05) is 17.7 Å². The highest BCUT2D eigenvalue weighted by Gasteiger charge is 2.14. The zero-order chi connectivity index (χ0) is 20.8. The Morgan fingerprint density at radius 1 is 0.867 bits per heavy atom. The molecule has 0 aliphatic heterocycles. The van der Waals surface area contributed by atoms with Gasteiger partial charge in [0.15, 0.2) is 5.75 Å². The van der Waals surface area contributed by atoms with Crippen LogP contribution in [0.25, 0.3) is 11.3 Å². The van der Waals surface area contributed by atoms with Crippen LogP contribution < -0.4 is 14.2 Å². The molecule has 1 heterocycles. The third-order valence-corrected chi connectivity index (χ3v) is 4.42. The highest BCUT2D eigenvalue weighted by molar-refractivity contribution is 5.72. The smallest absolute Gasteiger partial charge is 0.172 e. The number of benzene rings is 3. The van der Waals surface area contributed by atoms with Crippen molar-refractivity contribution in [1.29, 1.82) is 0 Å². The van der Waals surface area contributed by atoms with Gasteiger partial charge in [-0.2, -0.15) is 0 Å². The maximum absolute atomic E-state index is 10.6. The average molecular weight is 400 g/mol. The van der Waals surface area contributed by atoms with E-state index in [2.05, 4.69) is 9.97 Å². The van der Waals surface area contributed by atoms with Gasteiger partial charge in [0.2, 0.25) is 0 Å². The minimum atomic E-state index is 0.0368. The number of hydrogen-bond donors (Lipinski definition) is 1. The third-order valence-electron chi connectivity index (χ3n) is 4.42. The van der Waals surface area contributed by atoms with Crippen LogP contribution in [0.15, 0.2) is 85.3 Å². The summed E-state index contributed by atoms with van der Waals surface area (Å²) in [7, 11) is 1.59. The van der Waals surface area contributed by atoms with Crippen molar-refractivity contribution in [3.8, 4) is 40.0 Å². The van der Waals surface area contributed by atoms with E-state index < -0.39 is 0 Å². The molecule has 0 fully saturated rings. The minimum absolute atomic E-state index is 0.0368. The van der Waals surface area contributed by atoms with Gasteiger partial charge in [-0.15, -0.1) is 0 Å². The van der Waals surface area contributed by atoms with Gasteiger partial charge in [-0.1, -0.05) is 36.4 Å².